The van der Waals surface area contributed by atoms with Gasteiger partial charge in [0, 0.05) is 76.5 Å². The van der Waals surface area contributed by atoms with E-state index in [1.807, 2.05) is 22.7 Å². The number of rotatable bonds is 8. The lowest BCUT2D eigenvalue weighted by atomic mass is 9.82. The minimum atomic E-state index is -0.0660. The van der Waals surface area contributed by atoms with E-state index in [1.54, 1.807) is 0 Å². The Morgan fingerprint density at radius 2 is 0.679 bits per heavy atom. The van der Waals surface area contributed by atoms with Crippen molar-refractivity contribution in [1.29, 1.82) is 0 Å². The van der Waals surface area contributed by atoms with Gasteiger partial charge in [-0.15, -0.1) is 22.7 Å². The van der Waals surface area contributed by atoms with Gasteiger partial charge < -0.3 is 18.9 Å². The first-order chi connectivity index (χ1) is 38.2. The van der Waals surface area contributed by atoms with Gasteiger partial charge in [0.15, 0.2) is 0 Å². The molecule has 372 valence electrons. The number of benzene rings is 10. The molecule has 14 aromatic rings. The summed E-state index contributed by atoms with van der Waals surface area (Å²) in [6.07, 6.45) is 0. The van der Waals surface area contributed by atoms with Crippen molar-refractivity contribution in [2.24, 2.45) is 0 Å². The Labute approximate surface area is 461 Å². The second-order valence-electron chi connectivity index (χ2n) is 22.2. The molecule has 78 heavy (non-hydrogen) atoms. The van der Waals surface area contributed by atoms with E-state index in [9.17, 15) is 0 Å². The quantitative estimate of drug-likeness (QED) is 0.151. The predicted molar refractivity (Wildman–Crippen MR) is 333 cm³/mol. The van der Waals surface area contributed by atoms with Crippen LogP contribution in [0.1, 0.15) is 49.9 Å². The van der Waals surface area contributed by atoms with Gasteiger partial charge in [0.05, 0.1) is 22.1 Å². The summed E-state index contributed by atoms with van der Waals surface area (Å²) in [5.74, 6) is 0. The van der Waals surface area contributed by atoms with Crippen molar-refractivity contribution in [1.82, 2.24) is 9.13 Å². The predicted octanol–water partition coefficient (Wildman–Crippen LogP) is 20.7. The van der Waals surface area contributed by atoms with Crippen molar-refractivity contribution in [2.75, 3.05) is 9.80 Å². The fourth-order valence-electron chi connectivity index (χ4n) is 13.5. The highest BCUT2D eigenvalue weighted by atomic mass is 32.1. The van der Waals surface area contributed by atoms with Crippen molar-refractivity contribution in [3.8, 4) is 33.6 Å². The molecular formula is C72H52N4S2. The number of para-hydroxylation sites is 2. The monoisotopic (exact) mass is 1040 g/mol. The van der Waals surface area contributed by atoms with E-state index in [2.05, 4.69) is 288 Å². The van der Waals surface area contributed by atoms with Crippen LogP contribution in [0.2, 0.25) is 0 Å². The fourth-order valence-corrected chi connectivity index (χ4v) is 15.1. The molecule has 6 heteroatoms. The molecule has 4 nitrogen and oxygen atoms in total. The molecule has 0 spiro atoms. The zero-order valence-corrected chi connectivity index (χ0v) is 45.3. The Hall–Kier alpha value is -8.94. The summed E-state index contributed by atoms with van der Waals surface area (Å²) in [5.41, 5.74) is 24.4. The second-order valence-corrected chi connectivity index (χ2v) is 24.1. The van der Waals surface area contributed by atoms with Gasteiger partial charge in [-0.25, -0.2) is 0 Å². The largest absolute Gasteiger partial charge is 0.310 e. The molecule has 0 unspecified atom stereocenters. The molecule has 0 N–H and O–H groups in total. The molecular weight excluding hydrogens is 985 g/mol. The van der Waals surface area contributed by atoms with Crippen LogP contribution >= 0.6 is 22.7 Å². The lowest BCUT2D eigenvalue weighted by molar-refractivity contribution is 0.660. The summed E-state index contributed by atoms with van der Waals surface area (Å²) in [5, 5.41) is 9.40. The Morgan fingerprint density at radius 1 is 0.321 bits per heavy atom. The maximum absolute atomic E-state index is 2.53. The van der Waals surface area contributed by atoms with Gasteiger partial charge in [0.1, 0.15) is 0 Å². The highest BCUT2D eigenvalue weighted by Gasteiger charge is 2.37. The van der Waals surface area contributed by atoms with Gasteiger partial charge in [-0.05, 0) is 200 Å². The van der Waals surface area contributed by atoms with Gasteiger partial charge in [0.25, 0.3) is 0 Å². The third-order valence-electron chi connectivity index (χ3n) is 17.2. The van der Waals surface area contributed by atoms with Crippen molar-refractivity contribution in [3.63, 3.8) is 0 Å². The minimum Gasteiger partial charge on any atom is -0.310 e. The number of fused-ring (bicyclic) bond motifs is 13. The molecule has 0 atom stereocenters. The van der Waals surface area contributed by atoms with Crippen LogP contribution in [0.5, 0.6) is 0 Å². The Kier molecular flexibility index (Phi) is 9.74. The highest BCUT2D eigenvalue weighted by molar-refractivity contribution is 7.17. The first-order valence-corrected chi connectivity index (χ1v) is 28.7. The number of hydrogen-bond donors (Lipinski definition) is 0. The van der Waals surface area contributed by atoms with Crippen molar-refractivity contribution in [3.05, 3.63) is 264 Å². The zero-order chi connectivity index (χ0) is 52.0. The third kappa shape index (κ3) is 6.57. The van der Waals surface area contributed by atoms with Crippen molar-refractivity contribution < 1.29 is 0 Å². The van der Waals surface area contributed by atoms with Gasteiger partial charge in [-0.1, -0.05) is 125 Å². The zero-order valence-electron chi connectivity index (χ0n) is 43.7. The summed E-state index contributed by atoms with van der Waals surface area (Å²) in [7, 11) is 0. The van der Waals surface area contributed by atoms with E-state index in [0.717, 1.165) is 45.5 Å². The number of thiophene rings is 2. The van der Waals surface area contributed by atoms with Crippen LogP contribution in [0, 0.1) is 0 Å². The Bertz CT molecular complexity index is 4420. The molecule has 4 aromatic heterocycles. The van der Waals surface area contributed by atoms with Gasteiger partial charge in [-0.3, -0.25) is 0 Å². The van der Waals surface area contributed by atoms with E-state index in [1.165, 1.54) is 97.5 Å². The lowest BCUT2D eigenvalue weighted by Crippen LogP contribution is -2.15. The molecule has 0 saturated carbocycles. The number of nitrogens with zero attached hydrogens (tertiary/aromatic N) is 4. The minimum absolute atomic E-state index is 0.0660. The average Bonchev–Trinajstić information content (AvgIpc) is 4.33. The molecule has 10 aromatic carbocycles. The smallest absolute Gasteiger partial charge is 0.0804 e. The van der Waals surface area contributed by atoms with E-state index in [0.29, 0.717) is 0 Å². The molecule has 0 radical (unpaired) electrons. The summed E-state index contributed by atoms with van der Waals surface area (Å²) < 4.78 is 7.62. The molecule has 0 aliphatic heterocycles. The fraction of sp³-hybridized carbons (Fsp3) is 0.0833. The Morgan fingerprint density at radius 3 is 1.10 bits per heavy atom. The maximum Gasteiger partial charge on any atom is 0.0804 e. The van der Waals surface area contributed by atoms with Crippen molar-refractivity contribution in [2.45, 2.75) is 38.5 Å². The second kappa shape index (κ2) is 16.8. The van der Waals surface area contributed by atoms with Gasteiger partial charge >= 0.3 is 0 Å². The van der Waals surface area contributed by atoms with E-state index in [-0.39, 0.29) is 10.8 Å². The standard InChI is InChI=1S/C72H52N4S2/c1-71(2)61-21-13-11-19-55(61)57-41-53(31-33-63(57)71)73(47-15-7-5-8-16-47)49-23-27-51(28-24-49)75-65-39-45-35-37-77-67(45)43-59(65)70-69(75)60-44-68-46(36-38-78-68)40-66(60)76(70)52-29-25-50(26-30-52)74(48-17-9-6-10-18-48)54-32-34-64-58(42-54)56-20-12-14-22-62(56)72(64,3)4/h5-44H,1-4H3. The van der Waals surface area contributed by atoms with Crippen LogP contribution in [0.3, 0.4) is 0 Å². The maximum atomic E-state index is 2.53. The van der Waals surface area contributed by atoms with Crippen LogP contribution in [0.15, 0.2) is 241 Å². The van der Waals surface area contributed by atoms with Crippen molar-refractivity contribution >= 4 is 110 Å². The summed E-state index contributed by atoms with van der Waals surface area (Å²) in [4.78, 5) is 4.81. The van der Waals surface area contributed by atoms with Crippen LogP contribution < -0.4 is 9.80 Å². The SMILES string of the molecule is CC1(C)c2ccccc2-c2cc(N(c3ccccc3)c3ccc(-n4c5cc6ccsc6cc5c5c4c4cc6sccc6cc4n5-c4ccc(N(c5ccccc5)c5ccc6c(c5)-c5ccccc5C6(C)C)cc4)cc3)ccc21. The summed E-state index contributed by atoms with van der Waals surface area (Å²) in [6.45, 7) is 9.40. The van der Waals surface area contributed by atoms with E-state index in [4.69, 9.17) is 0 Å². The molecule has 0 amide bonds. The first kappa shape index (κ1) is 45.3. The molecule has 0 saturated heterocycles. The normalized spacial score (nSPS) is 13.8. The van der Waals surface area contributed by atoms with Crippen LogP contribution in [-0.4, -0.2) is 9.13 Å². The topological polar surface area (TPSA) is 16.3 Å². The van der Waals surface area contributed by atoms with Crippen LogP contribution in [0.4, 0.5) is 34.1 Å². The van der Waals surface area contributed by atoms with E-state index < -0.39 is 0 Å². The average molecular weight is 1040 g/mol. The van der Waals surface area contributed by atoms with Crippen LogP contribution in [0.25, 0.3) is 86.6 Å². The molecule has 0 fully saturated rings. The Balaban J connectivity index is 0.868. The summed E-state index contributed by atoms with van der Waals surface area (Å²) >= 11 is 3.62. The first-order valence-electron chi connectivity index (χ1n) is 27.0. The molecule has 2 aliphatic rings. The lowest BCUT2D eigenvalue weighted by Gasteiger charge is -2.27. The van der Waals surface area contributed by atoms with Gasteiger partial charge in [-0.2, -0.15) is 0 Å². The molecule has 0 bridgehead atoms. The highest BCUT2D eigenvalue weighted by Crippen LogP contribution is 2.53. The molecule has 2 aliphatic carbocycles. The number of hydrogen-bond acceptors (Lipinski definition) is 4. The van der Waals surface area contributed by atoms with E-state index >= 15 is 0 Å². The molecule has 16 rings (SSSR count). The van der Waals surface area contributed by atoms with Crippen LogP contribution in [-0.2, 0) is 10.8 Å². The summed E-state index contributed by atoms with van der Waals surface area (Å²) in [6, 6.07) is 86.3. The number of aromatic nitrogens is 2. The molecule has 4 heterocycles. The van der Waals surface area contributed by atoms with Gasteiger partial charge in [0.2, 0.25) is 0 Å². The number of anilines is 6. The third-order valence-corrected chi connectivity index (χ3v) is 19.0.